The Morgan fingerprint density at radius 2 is 2.11 bits per heavy atom. The van der Waals surface area contributed by atoms with Crippen molar-refractivity contribution in [3.63, 3.8) is 0 Å². The van der Waals surface area contributed by atoms with Crippen molar-refractivity contribution in [3.05, 3.63) is 47.3 Å². The van der Waals surface area contributed by atoms with Gasteiger partial charge in [-0.05, 0) is 43.9 Å². The van der Waals surface area contributed by atoms with Gasteiger partial charge in [0.15, 0.2) is 5.69 Å². The number of hydrogen-bond donors (Lipinski definition) is 1. The number of azo groups is 1. The summed E-state index contributed by atoms with van der Waals surface area (Å²) in [6.07, 6.45) is 3.63. The summed E-state index contributed by atoms with van der Waals surface area (Å²) in [7, 11) is 1.58. The van der Waals surface area contributed by atoms with Crippen molar-refractivity contribution in [1.29, 1.82) is 0 Å². The van der Waals surface area contributed by atoms with Crippen LogP contribution in [0.2, 0.25) is 0 Å². The number of amides is 2. The zero-order valence-electron chi connectivity index (χ0n) is 15.6. The molecule has 2 unspecified atom stereocenters. The van der Waals surface area contributed by atoms with Gasteiger partial charge in [-0.1, -0.05) is 17.3 Å². The van der Waals surface area contributed by atoms with E-state index in [2.05, 4.69) is 25.9 Å². The SMILES string of the molecule is COc1ccccc1-n1nnc(C(=O)NC2CCC3N=NC(=O)C=C3C2)c1C. The number of hydrogen-bond acceptors (Lipinski definition) is 6. The van der Waals surface area contributed by atoms with Gasteiger partial charge in [0.25, 0.3) is 11.8 Å². The number of rotatable bonds is 4. The second-order valence-corrected chi connectivity index (χ2v) is 6.85. The van der Waals surface area contributed by atoms with Gasteiger partial charge >= 0.3 is 0 Å². The van der Waals surface area contributed by atoms with Gasteiger partial charge in [0.2, 0.25) is 0 Å². The van der Waals surface area contributed by atoms with Gasteiger partial charge in [-0.2, -0.15) is 5.11 Å². The minimum absolute atomic E-state index is 0.0426. The molecule has 1 N–H and O–H groups in total. The summed E-state index contributed by atoms with van der Waals surface area (Å²) < 4.78 is 6.96. The second kappa shape index (κ2) is 7.34. The van der Waals surface area contributed by atoms with E-state index in [9.17, 15) is 9.59 Å². The highest BCUT2D eigenvalue weighted by atomic mass is 16.5. The summed E-state index contributed by atoms with van der Waals surface area (Å²) in [5.74, 6) is 0.0177. The Balaban J connectivity index is 1.50. The average molecular weight is 380 g/mol. The minimum Gasteiger partial charge on any atom is -0.494 e. The van der Waals surface area contributed by atoms with Crippen LogP contribution < -0.4 is 10.1 Å². The molecule has 1 aliphatic carbocycles. The van der Waals surface area contributed by atoms with Gasteiger partial charge in [0.05, 0.1) is 18.8 Å². The van der Waals surface area contributed by atoms with Gasteiger partial charge in [0.1, 0.15) is 11.4 Å². The van der Waals surface area contributed by atoms with Crippen molar-refractivity contribution in [3.8, 4) is 11.4 Å². The lowest BCUT2D eigenvalue weighted by Crippen LogP contribution is -2.40. The van der Waals surface area contributed by atoms with Gasteiger partial charge < -0.3 is 10.1 Å². The Labute approximate surface area is 161 Å². The lowest BCUT2D eigenvalue weighted by Gasteiger charge is -2.29. The van der Waals surface area contributed by atoms with Crippen molar-refractivity contribution in [1.82, 2.24) is 20.3 Å². The third-order valence-corrected chi connectivity index (χ3v) is 5.06. The van der Waals surface area contributed by atoms with Gasteiger partial charge in [-0.15, -0.1) is 10.2 Å². The molecule has 144 valence electrons. The first-order valence-corrected chi connectivity index (χ1v) is 9.08. The molecule has 0 bridgehead atoms. The molecule has 1 fully saturated rings. The van der Waals surface area contributed by atoms with Crippen LogP contribution in [-0.4, -0.2) is 46.0 Å². The molecule has 4 rings (SSSR count). The van der Waals surface area contributed by atoms with E-state index in [1.54, 1.807) is 18.7 Å². The first kappa shape index (κ1) is 18.0. The van der Waals surface area contributed by atoms with Gasteiger partial charge in [-0.3, -0.25) is 9.59 Å². The fraction of sp³-hybridized carbons (Fsp3) is 0.368. The molecule has 2 heterocycles. The van der Waals surface area contributed by atoms with E-state index in [1.807, 2.05) is 24.3 Å². The van der Waals surface area contributed by atoms with Crippen LogP contribution in [-0.2, 0) is 4.79 Å². The van der Waals surface area contributed by atoms with Crippen LogP contribution in [0.25, 0.3) is 5.69 Å². The van der Waals surface area contributed by atoms with Crippen LogP contribution >= 0.6 is 0 Å². The molecule has 1 aromatic heterocycles. The Hall–Kier alpha value is -3.36. The maximum atomic E-state index is 12.8. The number of methoxy groups -OCH3 is 1. The number of nitrogens with one attached hydrogen (secondary N) is 1. The zero-order chi connectivity index (χ0) is 19.7. The fourth-order valence-electron chi connectivity index (χ4n) is 3.62. The Bertz CT molecular complexity index is 993. The lowest BCUT2D eigenvalue weighted by atomic mass is 9.86. The van der Waals surface area contributed by atoms with E-state index in [0.29, 0.717) is 23.6 Å². The van der Waals surface area contributed by atoms with E-state index >= 15 is 0 Å². The summed E-state index contributed by atoms with van der Waals surface area (Å²) in [5, 5.41) is 18.8. The molecule has 1 saturated carbocycles. The van der Waals surface area contributed by atoms with E-state index in [4.69, 9.17) is 4.74 Å². The summed E-state index contributed by atoms with van der Waals surface area (Å²) in [6, 6.07) is 7.29. The Morgan fingerprint density at radius 3 is 2.93 bits per heavy atom. The number of aromatic nitrogens is 3. The largest absolute Gasteiger partial charge is 0.494 e. The quantitative estimate of drug-likeness (QED) is 0.874. The van der Waals surface area contributed by atoms with Crippen LogP contribution in [0.3, 0.4) is 0 Å². The molecule has 0 spiro atoms. The van der Waals surface area contributed by atoms with E-state index < -0.39 is 0 Å². The second-order valence-electron chi connectivity index (χ2n) is 6.85. The number of nitrogens with zero attached hydrogens (tertiary/aromatic N) is 5. The van der Waals surface area contributed by atoms with E-state index in [-0.39, 0.29) is 29.6 Å². The molecule has 2 amide bonds. The lowest BCUT2D eigenvalue weighted by molar-refractivity contribution is -0.114. The van der Waals surface area contributed by atoms with Crippen LogP contribution in [0.15, 0.2) is 46.1 Å². The average Bonchev–Trinajstić information content (AvgIpc) is 3.09. The third-order valence-electron chi connectivity index (χ3n) is 5.06. The van der Waals surface area contributed by atoms with Gasteiger partial charge in [0, 0.05) is 12.1 Å². The summed E-state index contributed by atoms with van der Waals surface area (Å²) in [6.45, 7) is 1.79. The summed E-state index contributed by atoms with van der Waals surface area (Å²) in [4.78, 5) is 24.2. The first-order chi connectivity index (χ1) is 13.6. The van der Waals surface area contributed by atoms with Crippen molar-refractivity contribution >= 4 is 11.8 Å². The normalized spacial score (nSPS) is 21.1. The Kier molecular flexibility index (Phi) is 4.72. The molecule has 0 saturated heterocycles. The molecular weight excluding hydrogens is 360 g/mol. The fourth-order valence-corrected chi connectivity index (χ4v) is 3.62. The number of benzene rings is 1. The highest BCUT2D eigenvalue weighted by Crippen LogP contribution is 2.29. The topological polar surface area (TPSA) is 111 Å². The maximum absolute atomic E-state index is 12.8. The molecule has 2 aliphatic rings. The molecule has 9 heteroatoms. The molecular formula is C19H20N6O3. The predicted molar refractivity (Wildman–Crippen MR) is 99.5 cm³/mol. The number of fused-ring (bicyclic) bond motifs is 1. The summed E-state index contributed by atoms with van der Waals surface area (Å²) >= 11 is 0. The van der Waals surface area contributed by atoms with Crippen molar-refractivity contribution in [2.45, 2.75) is 38.3 Å². The number of carbonyl (C=O) groups is 2. The van der Waals surface area contributed by atoms with Crippen LogP contribution in [0, 0.1) is 6.92 Å². The molecule has 0 radical (unpaired) electrons. The highest BCUT2D eigenvalue weighted by molar-refractivity contribution is 5.93. The third kappa shape index (κ3) is 3.30. The minimum atomic E-state index is -0.339. The molecule has 2 atom stereocenters. The van der Waals surface area contributed by atoms with Gasteiger partial charge in [-0.25, -0.2) is 4.68 Å². The number of carbonyl (C=O) groups excluding carboxylic acids is 2. The van der Waals surface area contributed by atoms with Crippen LogP contribution in [0.5, 0.6) is 5.75 Å². The molecule has 1 aromatic carbocycles. The molecule has 1 aliphatic heterocycles. The molecule has 9 nitrogen and oxygen atoms in total. The molecule has 28 heavy (non-hydrogen) atoms. The van der Waals surface area contributed by atoms with E-state index in [0.717, 1.165) is 18.4 Å². The number of ether oxygens (including phenoxy) is 1. The van der Waals surface area contributed by atoms with Crippen LogP contribution in [0.4, 0.5) is 0 Å². The highest BCUT2D eigenvalue weighted by Gasteiger charge is 2.30. The first-order valence-electron chi connectivity index (χ1n) is 9.08. The van der Waals surface area contributed by atoms with Crippen LogP contribution in [0.1, 0.15) is 35.4 Å². The zero-order valence-corrected chi connectivity index (χ0v) is 15.6. The van der Waals surface area contributed by atoms with Crippen molar-refractivity contribution in [2.75, 3.05) is 7.11 Å². The smallest absolute Gasteiger partial charge is 0.287 e. The maximum Gasteiger partial charge on any atom is 0.287 e. The van der Waals surface area contributed by atoms with Crippen molar-refractivity contribution < 1.29 is 14.3 Å². The van der Waals surface area contributed by atoms with E-state index in [1.165, 1.54) is 6.08 Å². The Morgan fingerprint density at radius 1 is 1.29 bits per heavy atom. The summed E-state index contributed by atoms with van der Waals surface area (Å²) in [5.41, 5.74) is 2.52. The van der Waals surface area contributed by atoms with Crippen molar-refractivity contribution in [2.24, 2.45) is 10.2 Å². The number of para-hydroxylation sites is 2. The standard InChI is InChI=1S/C19H20N6O3/c1-11-18(23-24-25(11)15-5-3-4-6-16(15)28-2)19(27)20-13-7-8-14-12(9-13)10-17(26)22-21-14/h3-6,10,13-14H,7-9H2,1-2H3,(H,20,27). The monoisotopic (exact) mass is 380 g/mol. The molecule has 2 aromatic rings. The predicted octanol–water partition coefficient (Wildman–Crippen LogP) is 2.15.